The van der Waals surface area contributed by atoms with Crippen LogP contribution >= 0.6 is 0 Å². The summed E-state index contributed by atoms with van der Waals surface area (Å²) in [6, 6.07) is 0. The highest BCUT2D eigenvalue weighted by molar-refractivity contribution is 5.98. The fraction of sp³-hybridized carbons (Fsp3) is 0.773. The number of nitrogens with one attached hydrogen (secondary N) is 1. The second-order valence-electron chi connectivity index (χ2n) is 8.42. The zero-order valence-electron chi connectivity index (χ0n) is 18.3. The average molecular weight is 409 g/mol. The van der Waals surface area contributed by atoms with Gasteiger partial charge in [0.2, 0.25) is 11.8 Å². The Morgan fingerprint density at radius 2 is 2.07 bits per heavy atom. The quantitative estimate of drug-likeness (QED) is 0.444. The molecule has 1 aliphatic carbocycles. The van der Waals surface area contributed by atoms with Gasteiger partial charge in [-0.05, 0) is 38.0 Å². The Morgan fingerprint density at radius 1 is 1.31 bits per heavy atom. The van der Waals surface area contributed by atoms with Gasteiger partial charge in [-0.3, -0.25) is 14.4 Å². The highest BCUT2D eigenvalue weighted by atomic mass is 16.5. The van der Waals surface area contributed by atoms with Crippen molar-refractivity contribution < 1.29 is 23.9 Å². The lowest BCUT2D eigenvalue weighted by Gasteiger charge is -2.31. The summed E-state index contributed by atoms with van der Waals surface area (Å²) in [4.78, 5) is 40.8. The van der Waals surface area contributed by atoms with E-state index in [4.69, 9.17) is 9.47 Å². The van der Waals surface area contributed by atoms with Gasteiger partial charge in [-0.2, -0.15) is 0 Å². The number of rotatable bonds is 10. The van der Waals surface area contributed by atoms with Crippen LogP contribution in [0.5, 0.6) is 0 Å². The fourth-order valence-corrected chi connectivity index (χ4v) is 4.47. The van der Waals surface area contributed by atoms with Crippen LogP contribution in [0.1, 0.15) is 58.8 Å². The molecule has 0 aromatic rings. The number of hydrogen-bond acceptors (Lipinski definition) is 5. The maximum Gasteiger partial charge on any atom is 0.318 e. The third kappa shape index (κ3) is 5.18. The molecule has 1 N–H and O–H groups in total. The van der Waals surface area contributed by atoms with Gasteiger partial charge < -0.3 is 19.7 Å². The second-order valence-corrected chi connectivity index (χ2v) is 8.42. The van der Waals surface area contributed by atoms with Crippen LogP contribution in [0.4, 0.5) is 0 Å². The standard InChI is InChI=1S/C22H36N2O5/c1-16(2)10-12-23-19(25)15-17-20(26)24(13-8-14-28-3)18-9-6-5-7-11-22(17,18)21(27)29-4/h9,16-17H,5-8,10-15H2,1-4H3,(H,23,25)/t17-,22+/m0/s1. The van der Waals surface area contributed by atoms with Gasteiger partial charge in [-0.15, -0.1) is 0 Å². The molecule has 2 aliphatic rings. The van der Waals surface area contributed by atoms with E-state index >= 15 is 0 Å². The summed E-state index contributed by atoms with van der Waals surface area (Å²) < 4.78 is 10.3. The van der Waals surface area contributed by atoms with Crippen LogP contribution < -0.4 is 5.32 Å². The lowest BCUT2D eigenvalue weighted by molar-refractivity contribution is -0.155. The SMILES string of the molecule is COCCCN1C(=O)[C@H](CC(=O)NCCC(C)C)[C@]2(C(=O)OC)CCCCC=C12. The summed E-state index contributed by atoms with van der Waals surface area (Å²) in [6.45, 7) is 5.77. The normalized spacial score (nSPS) is 24.2. The lowest BCUT2D eigenvalue weighted by Crippen LogP contribution is -2.41. The fourth-order valence-electron chi connectivity index (χ4n) is 4.47. The van der Waals surface area contributed by atoms with Crippen LogP contribution in [0.15, 0.2) is 11.8 Å². The van der Waals surface area contributed by atoms with Gasteiger partial charge in [0.05, 0.1) is 13.0 Å². The van der Waals surface area contributed by atoms with Crippen LogP contribution in [-0.2, 0) is 23.9 Å². The first kappa shape index (κ1) is 23.4. The number of allylic oxidation sites excluding steroid dienone is 1. The van der Waals surface area contributed by atoms with E-state index in [1.54, 1.807) is 12.0 Å². The predicted molar refractivity (Wildman–Crippen MR) is 110 cm³/mol. The molecule has 0 aromatic carbocycles. The number of hydrogen-bond donors (Lipinski definition) is 1. The molecule has 0 saturated carbocycles. The van der Waals surface area contributed by atoms with E-state index in [-0.39, 0.29) is 18.2 Å². The summed E-state index contributed by atoms with van der Waals surface area (Å²) in [5.41, 5.74) is -0.340. The van der Waals surface area contributed by atoms with Crippen LogP contribution in [0.2, 0.25) is 0 Å². The number of ether oxygens (including phenoxy) is 2. The summed E-state index contributed by atoms with van der Waals surface area (Å²) in [6.07, 6.45) is 6.67. The second kappa shape index (κ2) is 10.8. The van der Waals surface area contributed by atoms with Crippen molar-refractivity contribution in [1.82, 2.24) is 10.2 Å². The zero-order chi connectivity index (χ0) is 21.4. The first-order chi connectivity index (χ1) is 13.9. The van der Waals surface area contributed by atoms with Gasteiger partial charge in [0.1, 0.15) is 5.41 Å². The minimum Gasteiger partial charge on any atom is -0.468 e. The van der Waals surface area contributed by atoms with Gasteiger partial charge in [0.15, 0.2) is 0 Å². The van der Waals surface area contributed by atoms with Crippen molar-refractivity contribution in [3.8, 4) is 0 Å². The molecule has 0 aromatic heterocycles. The topological polar surface area (TPSA) is 84.9 Å². The molecule has 2 atom stereocenters. The Hall–Kier alpha value is -1.89. The van der Waals surface area contributed by atoms with Crippen molar-refractivity contribution in [2.24, 2.45) is 17.3 Å². The van der Waals surface area contributed by atoms with Gasteiger partial charge >= 0.3 is 5.97 Å². The van der Waals surface area contributed by atoms with Crippen molar-refractivity contribution in [1.29, 1.82) is 0 Å². The molecule has 1 aliphatic heterocycles. The first-order valence-electron chi connectivity index (χ1n) is 10.7. The average Bonchev–Trinajstić information content (AvgIpc) is 2.83. The van der Waals surface area contributed by atoms with E-state index in [0.717, 1.165) is 31.4 Å². The van der Waals surface area contributed by atoms with Crippen molar-refractivity contribution in [3.63, 3.8) is 0 Å². The minimum absolute atomic E-state index is 0.00411. The third-order valence-electron chi connectivity index (χ3n) is 5.98. The lowest BCUT2D eigenvalue weighted by atomic mass is 9.71. The molecule has 0 spiro atoms. The molecule has 0 bridgehead atoms. The largest absolute Gasteiger partial charge is 0.468 e. The smallest absolute Gasteiger partial charge is 0.318 e. The summed E-state index contributed by atoms with van der Waals surface area (Å²) in [7, 11) is 2.98. The van der Waals surface area contributed by atoms with Gasteiger partial charge in [-0.1, -0.05) is 26.3 Å². The number of esters is 1. The minimum atomic E-state index is -1.06. The zero-order valence-corrected chi connectivity index (χ0v) is 18.3. The Balaban J connectivity index is 2.31. The Bertz CT molecular complexity index is 631. The molecule has 0 radical (unpaired) electrons. The molecular formula is C22H36N2O5. The van der Waals surface area contributed by atoms with Gasteiger partial charge in [0, 0.05) is 38.9 Å². The molecule has 7 heteroatoms. The number of amides is 2. The first-order valence-corrected chi connectivity index (χ1v) is 10.7. The Labute approximate surface area is 174 Å². The van der Waals surface area contributed by atoms with E-state index in [9.17, 15) is 14.4 Å². The third-order valence-corrected chi connectivity index (χ3v) is 5.98. The number of nitrogens with zero attached hydrogens (tertiary/aromatic N) is 1. The van der Waals surface area contributed by atoms with E-state index in [0.29, 0.717) is 38.5 Å². The number of fused-ring (bicyclic) bond motifs is 1. The number of carbonyl (C=O) groups excluding carboxylic acids is 3. The van der Waals surface area contributed by atoms with Gasteiger partial charge in [0.25, 0.3) is 0 Å². The Morgan fingerprint density at radius 3 is 2.72 bits per heavy atom. The van der Waals surface area contributed by atoms with Crippen LogP contribution in [0.3, 0.4) is 0 Å². The molecule has 164 valence electrons. The highest BCUT2D eigenvalue weighted by Crippen LogP contribution is 2.52. The van der Waals surface area contributed by atoms with Crippen molar-refractivity contribution in [3.05, 3.63) is 11.8 Å². The number of likely N-dealkylation sites (tertiary alicyclic amines) is 1. The van der Waals surface area contributed by atoms with Gasteiger partial charge in [-0.25, -0.2) is 0 Å². The molecule has 29 heavy (non-hydrogen) atoms. The molecule has 0 unspecified atom stereocenters. The van der Waals surface area contributed by atoms with Crippen LogP contribution in [0, 0.1) is 17.3 Å². The molecule has 2 rings (SSSR count). The van der Waals surface area contributed by atoms with E-state index in [1.165, 1.54) is 7.11 Å². The number of methoxy groups -OCH3 is 2. The van der Waals surface area contributed by atoms with Crippen LogP contribution in [-0.4, -0.2) is 56.6 Å². The monoisotopic (exact) mass is 408 g/mol. The molecule has 1 fully saturated rings. The van der Waals surface area contributed by atoms with E-state index in [2.05, 4.69) is 19.2 Å². The van der Waals surface area contributed by atoms with Crippen molar-refractivity contribution in [2.75, 3.05) is 33.9 Å². The van der Waals surface area contributed by atoms with Crippen LogP contribution in [0.25, 0.3) is 0 Å². The molecule has 1 heterocycles. The summed E-state index contributed by atoms with van der Waals surface area (Å²) >= 11 is 0. The Kier molecular flexibility index (Phi) is 8.68. The maximum absolute atomic E-state index is 13.4. The molecule has 1 saturated heterocycles. The predicted octanol–water partition coefficient (Wildman–Crippen LogP) is 2.65. The molecule has 2 amide bonds. The summed E-state index contributed by atoms with van der Waals surface area (Å²) in [5, 5.41) is 2.91. The highest BCUT2D eigenvalue weighted by Gasteiger charge is 2.61. The molecular weight excluding hydrogens is 372 g/mol. The number of carbonyl (C=O) groups is 3. The maximum atomic E-state index is 13.4. The van der Waals surface area contributed by atoms with Crippen molar-refractivity contribution >= 4 is 17.8 Å². The molecule has 7 nitrogen and oxygen atoms in total. The van der Waals surface area contributed by atoms with E-state index in [1.807, 2.05) is 6.08 Å². The summed E-state index contributed by atoms with van der Waals surface area (Å²) in [5.74, 6) is -0.986. The van der Waals surface area contributed by atoms with Crippen molar-refractivity contribution in [2.45, 2.75) is 58.8 Å². The van der Waals surface area contributed by atoms with E-state index < -0.39 is 17.3 Å².